The monoisotopic (exact) mass is 484 g/mol. The summed E-state index contributed by atoms with van der Waals surface area (Å²) in [4.78, 5) is 39.7. The molecule has 1 saturated heterocycles. The number of nitrogens with zero attached hydrogens (tertiary/aromatic N) is 1. The standard InChI is InChI=1S/C29H32N4O3/c1-21-12-14-23(28(35)31-24-10-6-3-7-11-24)20-26(21)32-29(36)33-18-16-25(17-19-33)30-27(34)15-13-22-8-4-2-5-9-22/h2-12,14,20,25H,13,15-19H2,1H3,(H,30,34)(H,31,35)(H,32,36). The number of carbonyl (C=O) groups is 3. The van der Waals surface area contributed by atoms with Gasteiger partial charge in [0.25, 0.3) is 5.91 Å². The van der Waals surface area contributed by atoms with Crippen LogP contribution in [-0.4, -0.2) is 41.9 Å². The molecular weight excluding hydrogens is 452 g/mol. The molecule has 1 heterocycles. The van der Waals surface area contributed by atoms with Gasteiger partial charge in [0.15, 0.2) is 0 Å². The number of benzene rings is 3. The Balaban J connectivity index is 1.25. The second kappa shape index (κ2) is 12.0. The van der Waals surface area contributed by atoms with Crippen molar-refractivity contribution in [2.75, 3.05) is 23.7 Å². The number of nitrogens with one attached hydrogen (secondary N) is 3. The molecule has 7 nitrogen and oxygen atoms in total. The van der Waals surface area contributed by atoms with Gasteiger partial charge in [0.1, 0.15) is 0 Å². The van der Waals surface area contributed by atoms with E-state index in [0.717, 1.165) is 17.5 Å². The highest BCUT2D eigenvalue weighted by molar-refractivity contribution is 6.05. The second-order valence-corrected chi connectivity index (χ2v) is 9.09. The highest BCUT2D eigenvalue weighted by Crippen LogP contribution is 2.20. The van der Waals surface area contributed by atoms with Crippen LogP contribution in [0.1, 0.15) is 40.7 Å². The third kappa shape index (κ3) is 6.95. The molecule has 3 N–H and O–H groups in total. The molecule has 0 radical (unpaired) electrons. The zero-order valence-corrected chi connectivity index (χ0v) is 20.5. The number of urea groups is 1. The van der Waals surface area contributed by atoms with E-state index < -0.39 is 0 Å². The summed E-state index contributed by atoms with van der Waals surface area (Å²) in [5, 5.41) is 8.92. The van der Waals surface area contributed by atoms with Crippen LogP contribution in [0.25, 0.3) is 0 Å². The van der Waals surface area contributed by atoms with Gasteiger partial charge in [-0.25, -0.2) is 4.79 Å². The van der Waals surface area contributed by atoms with Crippen LogP contribution in [0.3, 0.4) is 0 Å². The van der Waals surface area contributed by atoms with Crippen LogP contribution in [0.2, 0.25) is 0 Å². The van der Waals surface area contributed by atoms with E-state index in [2.05, 4.69) is 16.0 Å². The van der Waals surface area contributed by atoms with Crippen molar-refractivity contribution in [1.29, 1.82) is 0 Å². The number of anilines is 2. The first-order chi connectivity index (χ1) is 17.5. The minimum atomic E-state index is -0.236. The number of para-hydroxylation sites is 1. The SMILES string of the molecule is Cc1ccc(C(=O)Nc2ccccc2)cc1NC(=O)N1CCC(NC(=O)CCc2ccccc2)CC1. The minimum absolute atomic E-state index is 0.0444. The first kappa shape index (κ1) is 25.0. The maximum Gasteiger partial charge on any atom is 0.321 e. The molecule has 4 rings (SSSR count). The summed E-state index contributed by atoms with van der Waals surface area (Å²) in [7, 11) is 0. The van der Waals surface area contributed by atoms with E-state index in [-0.39, 0.29) is 23.9 Å². The van der Waals surface area contributed by atoms with Crippen molar-refractivity contribution in [3.8, 4) is 0 Å². The largest absolute Gasteiger partial charge is 0.353 e. The lowest BCUT2D eigenvalue weighted by molar-refractivity contribution is -0.122. The lowest BCUT2D eigenvalue weighted by Crippen LogP contribution is -2.47. The first-order valence-electron chi connectivity index (χ1n) is 12.3. The van der Waals surface area contributed by atoms with E-state index in [1.54, 1.807) is 17.0 Å². The van der Waals surface area contributed by atoms with Crippen LogP contribution in [-0.2, 0) is 11.2 Å². The lowest BCUT2D eigenvalue weighted by Gasteiger charge is -2.32. The number of likely N-dealkylation sites (tertiary alicyclic amines) is 1. The van der Waals surface area contributed by atoms with Crippen molar-refractivity contribution in [2.24, 2.45) is 0 Å². The molecule has 3 aromatic rings. The molecule has 0 bridgehead atoms. The molecular formula is C29H32N4O3. The first-order valence-corrected chi connectivity index (χ1v) is 12.3. The Morgan fingerprint density at radius 1 is 0.861 bits per heavy atom. The number of piperidine rings is 1. The van der Waals surface area contributed by atoms with Gasteiger partial charge in [-0.15, -0.1) is 0 Å². The van der Waals surface area contributed by atoms with E-state index in [1.165, 1.54) is 0 Å². The van der Waals surface area contributed by atoms with Crippen LogP contribution < -0.4 is 16.0 Å². The van der Waals surface area contributed by atoms with Gasteiger partial charge in [-0.2, -0.15) is 0 Å². The maximum atomic E-state index is 12.9. The van der Waals surface area contributed by atoms with Gasteiger partial charge < -0.3 is 20.9 Å². The molecule has 1 fully saturated rings. The van der Waals surface area contributed by atoms with Crippen molar-refractivity contribution >= 4 is 29.2 Å². The minimum Gasteiger partial charge on any atom is -0.353 e. The average molecular weight is 485 g/mol. The Labute approximate surface area is 211 Å². The van der Waals surface area contributed by atoms with E-state index in [0.29, 0.717) is 49.3 Å². The van der Waals surface area contributed by atoms with Crippen molar-refractivity contribution < 1.29 is 14.4 Å². The van der Waals surface area contributed by atoms with Gasteiger partial charge in [0.05, 0.1) is 0 Å². The number of amides is 4. The third-order valence-corrected chi connectivity index (χ3v) is 6.40. The van der Waals surface area contributed by atoms with Gasteiger partial charge in [0, 0.05) is 42.5 Å². The van der Waals surface area contributed by atoms with Crippen molar-refractivity contribution in [3.63, 3.8) is 0 Å². The van der Waals surface area contributed by atoms with E-state index >= 15 is 0 Å². The van der Waals surface area contributed by atoms with Gasteiger partial charge in [-0.3, -0.25) is 9.59 Å². The number of aryl methyl sites for hydroxylation is 2. The summed E-state index contributed by atoms with van der Waals surface area (Å²) in [5.41, 5.74) is 3.81. The smallest absolute Gasteiger partial charge is 0.321 e. The van der Waals surface area contributed by atoms with Crippen molar-refractivity contribution in [1.82, 2.24) is 10.2 Å². The summed E-state index contributed by atoms with van der Waals surface area (Å²) in [6.45, 7) is 3.01. The molecule has 1 aliphatic heterocycles. The van der Waals surface area contributed by atoms with E-state index in [9.17, 15) is 14.4 Å². The second-order valence-electron chi connectivity index (χ2n) is 9.09. The Kier molecular flexibility index (Phi) is 8.34. The summed E-state index contributed by atoms with van der Waals surface area (Å²) in [6, 6.07) is 24.4. The number of rotatable bonds is 7. The zero-order chi connectivity index (χ0) is 25.3. The Morgan fingerprint density at radius 2 is 1.53 bits per heavy atom. The van der Waals surface area contributed by atoms with Crippen LogP contribution in [0.15, 0.2) is 78.9 Å². The Bertz CT molecular complexity index is 1190. The fourth-order valence-corrected chi connectivity index (χ4v) is 4.25. The molecule has 36 heavy (non-hydrogen) atoms. The fraction of sp³-hybridized carbons (Fsp3) is 0.276. The van der Waals surface area contributed by atoms with Crippen LogP contribution in [0.4, 0.5) is 16.2 Å². The Hall–Kier alpha value is -4.13. The third-order valence-electron chi connectivity index (χ3n) is 6.40. The molecule has 0 aromatic heterocycles. The van der Waals surface area contributed by atoms with Gasteiger partial charge >= 0.3 is 6.03 Å². The van der Waals surface area contributed by atoms with Crippen molar-refractivity contribution in [3.05, 3.63) is 95.6 Å². The molecule has 7 heteroatoms. The molecule has 0 saturated carbocycles. The van der Waals surface area contributed by atoms with Gasteiger partial charge in [-0.1, -0.05) is 54.6 Å². The molecule has 0 unspecified atom stereocenters. The lowest BCUT2D eigenvalue weighted by atomic mass is 10.0. The molecule has 0 aliphatic carbocycles. The van der Waals surface area contributed by atoms with Crippen LogP contribution >= 0.6 is 0 Å². The summed E-state index contributed by atoms with van der Waals surface area (Å²) in [5.74, 6) is -0.191. The van der Waals surface area contributed by atoms with Crippen LogP contribution in [0, 0.1) is 6.92 Å². The summed E-state index contributed by atoms with van der Waals surface area (Å²) < 4.78 is 0. The Morgan fingerprint density at radius 3 is 2.22 bits per heavy atom. The highest BCUT2D eigenvalue weighted by atomic mass is 16.2. The van der Waals surface area contributed by atoms with Gasteiger partial charge in [-0.05, 0) is 61.6 Å². The molecule has 3 aromatic carbocycles. The molecule has 4 amide bonds. The maximum absolute atomic E-state index is 12.9. The number of hydrogen-bond donors (Lipinski definition) is 3. The molecule has 186 valence electrons. The molecule has 0 atom stereocenters. The summed E-state index contributed by atoms with van der Waals surface area (Å²) >= 11 is 0. The van der Waals surface area contributed by atoms with Crippen molar-refractivity contribution in [2.45, 2.75) is 38.6 Å². The predicted molar refractivity (Wildman–Crippen MR) is 142 cm³/mol. The number of carbonyl (C=O) groups excluding carboxylic acids is 3. The highest BCUT2D eigenvalue weighted by Gasteiger charge is 2.24. The molecule has 1 aliphatic rings. The normalized spacial score (nSPS) is 13.6. The fourth-order valence-electron chi connectivity index (χ4n) is 4.25. The van der Waals surface area contributed by atoms with Crippen LogP contribution in [0.5, 0.6) is 0 Å². The van der Waals surface area contributed by atoms with Gasteiger partial charge in [0.2, 0.25) is 5.91 Å². The summed E-state index contributed by atoms with van der Waals surface area (Å²) in [6.07, 6.45) is 2.60. The number of hydrogen-bond acceptors (Lipinski definition) is 3. The average Bonchev–Trinajstić information content (AvgIpc) is 2.90. The van der Waals surface area contributed by atoms with E-state index in [4.69, 9.17) is 0 Å². The van der Waals surface area contributed by atoms with E-state index in [1.807, 2.05) is 73.7 Å². The zero-order valence-electron chi connectivity index (χ0n) is 20.5. The quantitative estimate of drug-likeness (QED) is 0.441. The topological polar surface area (TPSA) is 90.5 Å². The molecule has 0 spiro atoms. The predicted octanol–water partition coefficient (Wildman–Crippen LogP) is 4.99.